The van der Waals surface area contributed by atoms with Crippen molar-refractivity contribution in [3.63, 3.8) is 0 Å². The minimum Gasteiger partial charge on any atom is -0.483 e. The van der Waals surface area contributed by atoms with E-state index in [4.69, 9.17) is 4.74 Å². The first-order valence-electron chi connectivity index (χ1n) is 11.7. The summed E-state index contributed by atoms with van der Waals surface area (Å²) in [7, 11) is 0. The van der Waals surface area contributed by atoms with Crippen LogP contribution in [0, 0.1) is 11.3 Å². The number of halogens is 1. The summed E-state index contributed by atoms with van der Waals surface area (Å²) in [6.45, 7) is 0.348. The molecule has 0 radical (unpaired) electrons. The van der Waals surface area contributed by atoms with Gasteiger partial charge in [0.25, 0.3) is 11.5 Å². The molecule has 10 heteroatoms. The molecule has 9 nitrogen and oxygen atoms in total. The number of amides is 1. The second kappa shape index (κ2) is 13.0. The third-order valence-electron chi connectivity index (χ3n) is 5.36. The predicted octanol–water partition coefficient (Wildman–Crippen LogP) is 4.25. The van der Waals surface area contributed by atoms with Crippen LogP contribution in [0.15, 0.2) is 93.2 Å². The molecule has 0 aliphatic carbocycles. The van der Waals surface area contributed by atoms with Crippen LogP contribution < -0.4 is 21.0 Å². The van der Waals surface area contributed by atoms with Gasteiger partial charge in [-0.15, -0.1) is 0 Å². The lowest BCUT2D eigenvalue weighted by molar-refractivity contribution is -0.123. The molecule has 1 heterocycles. The van der Waals surface area contributed by atoms with E-state index in [0.29, 0.717) is 23.4 Å². The van der Waals surface area contributed by atoms with Gasteiger partial charge < -0.3 is 10.1 Å². The van der Waals surface area contributed by atoms with Crippen molar-refractivity contribution in [2.45, 2.75) is 6.42 Å². The van der Waals surface area contributed by atoms with E-state index in [9.17, 15) is 14.9 Å². The SMILES string of the molecule is N#Cc1c(-c2ccccc2)nc(NN=Cc2cc(Br)ccc2OCC(=O)NCCc2ccccc2)[nH]c1=O. The van der Waals surface area contributed by atoms with Crippen LogP contribution in [0.3, 0.4) is 0 Å². The Morgan fingerprint density at radius 1 is 1.11 bits per heavy atom. The van der Waals surface area contributed by atoms with E-state index in [1.807, 2.05) is 42.5 Å². The molecule has 1 amide bonds. The number of carbonyl (C=O) groups excluding carboxylic acids is 1. The van der Waals surface area contributed by atoms with Crippen molar-refractivity contribution in [1.82, 2.24) is 15.3 Å². The molecule has 0 aliphatic rings. The smallest absolute Gasteiger partial charge is 0.270 e. The van der Waals surface area contributed by atoms with E-state index < -0.39 is 5.56 Å². The number of ether oxygens (including phenoxy) is 1. The third kappa shape index (κ3) is 7.15. The van der Waals surface area contributed by atoms with Crippen LogP contribution in [-0.2, 0) is 11.2 Å². The number of nitriles is 1. The van der Waals surface area contributed by atoms with E-state index in [0.717, 1.165) is 16.5 Å². The molecular formula is C28H23BrN6O3. The molecule has 190 valence electrons. The molecule has 0 atom stereocenters. The maximum absolute atomic E-state index is 12.4. The molecule has 38 heavy (non-hydrogen) atoms. The van der Waals surface area contributed by atoms with Crippen LogP contribution in [0.25, 0.3) is 11.3 Å². The topological polar surface area (TPSA) is 132 Å². The Morgan fingerprint density at radius 2 is 1.84 bits per heavy atom. The number of carbonyl (C=O) groups is 1. The fourth-order valence-corrected chi connectivity index (χ4v) is 3.91. The highest BCUT2D eigenvalue weighted by atomic mass is 79.9. The van der Waals surface area contributed by atoms with E-state index in [2.05, 4.69) is 41.7 Å². The average molecular weight is 571 g/mol. The molecule has 0 aliphatic heterocycles. The Balaban J connectivity index is 1.41. The molecule has 4 aromatic rings. The standard InChI is InChI=1S/C28H23BrN6O3/c29-22-11-12-24(38-18-25(36)31-14-13-19-7-3-1-4-8-19)21(15-22)17-32-35-28-33-26(20-9-5-2-6-10-20)23(16-30)27(37)34-28/h1-12,15,17H,13-14,18H2,(H,31,36)(H2,33,34,35,37). The minimum absolute atomic E-state index is 0.0689. The molecule has 0 spiro atoms. The summed E-state index contributed by atoms with van der Waals surface area (Å²) in [5.74, 6) is 0.278. The molecule has 0 unspecified atom stereocenters. The predicted molar refractivity (Wildman–Crippen MR) is 149 cm³/mol. The molecular weight excluding hydrogens is 548 g/mol. The van der Waals surface area contributed by atoms with Gasteiger partial charge in [0.15, 0.2) is 6.61 Å². The van der Waals surface area contributed by atoms with Gasteiger partial charge in [0, 0.05) is 22.1 Å². The number of rotatable bonds is 10. The van der Waals surface area contributed by atoms with Crippen molar-refractivity contribution in [2.24, 2.45) is 5.10 Å². The largest absolute Gasteiger partial charge is 0.483 e. The van der Waals surface area contributed by atoms with E-state index in [1.54, 1.807) is 42.5 Å². The van der Waals surface area contributed by atoms with Crippen molar-refractivity contribution >= 4 is 34.0 Å². The number of H-pyrrole nitrogens is 1. The fourth-order valence-electron chi connectivity index (χ4n) is 3.53. The Kier molecular flexibility index (Phi) is 8.99. The van der Waals surface area contributed by atoms with Crippen molar-refractivity contribution in [1.29, 1.82) is 5.26 Å². The van der Waals surface area contributed by atoms with Crippen LogP contribution >= 0.6 is 15.9 Å². The molecule has 0 saturated heterocycles. The Hall–Kier alpha value is -4.75. The van der Waals surface area contributed by atoms with Gasteiger partial charge in [-0.3, -0.25) is 14.6 Å². The number of aromatic amines is 1. The van der Waals surface area contributed by atoms with Crippen molar-refractivity contribution in [2.75, 3.05) is 18.6 Å². The average Bonchev–Trinajstić information content (AvgIpc) is 2.93. The van der Waals surface area contributed by atoms with Crippen LogP contribution in [0.2, 0.25) is 0 Å². The summed E-state index contributed by atoms with van der Waals surface area (Å²) >= 11 is 3.42. The molecule has 1 aromatic heterocycles. The molecule has 0 fully saturated rings. The minimum atomic E-state index is -0.580. The lowest BCUT2D eigenvalue weighted by Gasteiger charge is -2.10. The molecule has 4 rings (SSSR count). The lowest BCUT2D eigenvalue weighted by Crippen LogP contribution is -2.30. The van der Waals surface area contributed by atoms with Gasteiger partial charge >= 0.3 is 0 Å². The summed E-state index contributed by atoms with van der Waals surface area (Å²) in [5.41, 5.74) is 4.63. The number of nitrogens with zero attached hydrogens (tertiary/aromatic N) is 3. The lowest BCUT2D eigenvalue weighted by atomic mass is 10.1. The number of nitrogens with one attached hydrogen (secondary N) is 3. The van der Waals surface area contributed by atoms with Gasteiger partial charge in [0.2, 0.25) is 5.95 Å². The summed E-state index contributed by atoms with van der Waals surface area (Å²) in [6.07, 6.45) is 2.21. The fraction of sp³-hybridized carbons (Fsp3) is 0.107. The van der Waals surface area contributed by atoms with Crippen molar-refractivity contribution < 1.29 is 9.53 Å². The normalized spacial score (nSPS) is 10.6. The Morgan fingerprint density at radius 3 is 2.58 bits per heavy atom. The maximum atomic E-state index is 12.4. The monoisotopic (exact) mass is 570 g/mol. The van der Waals surface area contributed by atoms with Crippen LogP contribution in [-0.4, -0.2) is 35.2 Å². The number of hydrogen-bond acceptors (Lipinski definition) is 7. The molecule has 3 N–H and O–H groups in total. The quantitative estimate of drug-likeness (QED) is 0.193. The molecule has 3 aromatic carbocycles. The van der Waals surface area contributed by atoms with E-state index in [1.165, 1.54) is 6.21 Å². The number of hydrogen-bond donors (Lipinski definition) is 3. The van der Waals surface area contributed by atoms with Gasteiger partial charge in [0.1, 0.15) is 17.4 Å². The third-order valence-corrected chi connectivity index (χ3v) is 5.86. The van der Waals surface area contributed by atoms with Gasteiger partial charge in [-0.2, -0.15) is 10.4 Å². The number of hydrazone groups is 1. The molecule has 0 bridgehead atoms. The van der Waals surface area contributed by atoms with Gasteiger partial charge in [-0.1, -0.05) is 76.6 Å². The summed E-state index contributed by atoms with van der Waals surface area (Å²) < 4.78 is 6.51. The Labute approximate surface area is 227 Å². The molecule has 0 saturated carbocycles. The van der Waals surface area contributed by atoms with Crippen LogP contribution in [0.1, 0.15) is 16.7 Å². The first-order chi connectivity index (χ1) is 18.5. The highest BCUT2D eigenvalue weighted by Crippen LogP contribution is 2.22. The number of anilines is 1. The van der Waals surface area contributed by atoms with E-state index in [-0.39, 0.29) is 29.7 Å². The van der Waals surface area contributed by atoms with Crippen molar-refractivity contribution in [3.8, 4) is 23.1 Å². The van der Waals surface area contributed by atoms with Gasteiger partial charge in [-0.25, -0.2) is 10.4 Å². The maximum Gasteiger partial charge on any atom is 0.270 e. The van der Waals surface area contributed by atoms with Crippen molar-refractivity contribution in [3.05, 3.63) is 110 Å². The van der Waals surface area contributed by atoms with E-state index >= 15 is 0 Å². The first kappa shape index (κ1) is 26.3. The number of aromatic nitrogens is 2. The summed E-state index contributed by atoms with van der Waals surface area (Å²) in [6, 6.07) is 26.0. The van der Waals surface area contributed by atoms with Gasteiger partial charge in [-0.05, 0) is 30.2 Å². The zero-order chi connectivity index (χ0) is 26.7. The number of benzene rings is 3. The zero-order valence-electron chi connectivity index (χ0n) is 20.1. The second-order valence-electron chi connectivity index (χ2n) is 8.04. The van der Waals surface area contributed by atoms with Crippen LogP contribution in [0.5, 0.6) is 5.75 Å². The van der Waals surface area contributed by atoms with Gasteiger partial charge in [0.05, 0.1) is 11.9 Å². The second-order valence-corrected chi connectivity index (χ2v) is 8.96. The summed E-state index contributed by atoms with van der Waals surface area (Å²) in [5, 5.41) is 16.4. The summed E-state index contributed by atoms with van der Waals surface area (Å²) in [4.78, 5) is 31.6. The highest BCUT2D eigenvalue weighted by Gasteiger charge is 2.13. The zero-order valence-corrected chi connectivity index (χ0v) is 21.7. The Bertz CT molecular complexity index is 1530. The first-order valence-corrected chi connectivity index (χ1v) is 12.4. The highest BCUT2D eigenvalue weighted by molar-refractivity contribution is 9.10. The van der Waals surface area contributed by atoms with Crippen LogP contribution in [0.4, 0.5) is 5.95 Å².